The van der Waals surface area contributed by atoms with Gasteiger partial charge in [-0.3, -0.25) is 0 Å². The summed E-state index contributed by atoms with van der Waals surface area (Å²) in [5.41, 5.74) is 0. The van der Waals surface area contributed by atoms with Crippen LogP contribution in [0.4, 0.5) is 0 Å². The standard InChI is InChI=1S/C11H25NO/c1-5-7-10(4)12-8-11(13)9(3)6-2/h9-13H,5-8H2,1-4H3. The van der Waals surface area contributed by atoms with Gasteiger partial charge in [-0.1, -0.05) is 33.6 Å². The normalized spacial score (nSPS) is 18.2. The fraction of sp³-hybridized carbons (Fsp3) is 1.00. The summed E-state index contributed by atoms with van der Waals surface area (Å²) in [5, 5.41) is 13.0. The van der Waals surface area contributed by atoms with Gasteiger partial charge in [0, 0.05) is 12.6 Å². The largest absolute Gasteiger partial charge is 0.392 e. The van der Waals surface area contributed by atoms with Crippen LogP contribution in [0.5, 0.6) is 0 Å². The number of hydrogen-bond acceptors (Lipinski definition) is 2. The molecule has 0 bridgehead atoms. The lowest BCUT2D eigenvalue weighted by Crippen LogP contribution is -2.36. The van der Waals surface area contributed by atoms with Gasteiger partial charge in [0.25, 0.3) is 0 Å². The highest BCUT2D eigenvalue weighted by molar-refractivity contribution is 4.68. The van der Waals surface area contributed by atoms with Crippen molar-refractivity contribution >= 4 is 0 Å². The summed E-state index contributed by atoms with van der Waals surface area (Å²) >= 11 is 0. The van der Waals surface area contributed by atoms with Crippen LogP contribution in [0.25, 0.3) is 0 Å². The zero-order chi connectivity index (χ0) is 10.3. The molecule has 2 N–H and O–H groups in total. The number of rotatable bonds is 7. The first-order valence-electron chi connectivity index (χ1n) is 5.53. The molecule has 0 spiro atoms. The van der Waals surface area contributed by atoms with Crippen molar-refractivity contribution < 1.29 is 5.11 Å². The maximum absolute atomic E-state index is 9.67. The molecule has 3 unspecified atom stereocenters. The lowest BCUT2D eigenvalue weighted by Gasteiger charge is -2.20. The maximum Gasteiger partial charge on any atom is 0.0690 e. The quantitative estimate of drug-likeness (QED) is 0.640. The van der Waals surface area contributed by atoms with Gasteiger partial charge < -0.3 is 10.4 Å². The fourth-order valence-electron chi connectivity index (χ4n) is 1.33. The van der Waals surface area contributed by atoms with Crippen molar-refractivity contribution in [2.24, 2.45) is 5.92 Å². The van der Waals surface area contributed by atoms with Crippen molar-refractivity contribution in [3.05, 3.63) is 0 Å². The van der Waals surface area contributed by atoms with Gasteiger partial charge in [-0.15, -0.1) is 0 Å². The van der Waals surface area contributed by atoms with Gasteiger partial charge in [0.05, 0.1) is 6.10 Å². The van der Waals surface area contributed by atoms with Gasteiger partial charge in [-0.2, -0.15) is 0 Å². The van der Waals surface area contributed by atoms with Crippen molar-refractivity contribution in [1.82, 2.24) is 5.32 Å². The Morgan fingerprint density at radius 3 is 2.31 bits per heavy atom. The molecule has 0 aliphatic rings. The second kappa shape index (κ2) is 7.34. The van der Waals surface area contributed by atoms with E-state index in [0.717, 1.165) is 13.0 Å². The molecule has 0 aliphatic heterocycles. The molecular formula is C11H25NO. The third-order valence-corrected chi connectivity index (χ3v) is 2.70. The summed E-state index contributed by atoms with van der Waals surface area (Å²) in [7, 11) is 0. The Balaban J connectivity index is 3.50. The highest BCUT2D eigenvalue weighted by atomic mass is 16.3. The van der Waals surface area contributed by atoms with Gasteiger partial charge in [0.1, 0.15) is 0 Å². The van der Waals surface area contributed by atoms with Crippen LogP contribution >= 0.6 is 0 Å². The maximum atomic E-state index is 9.67. The van der Waals surface area contributed by atoms with Gasteiger partial charge in [-0.25, -0.2) is 0 Å². The van der Waals surface area contributed by atoms with E-state index in [0.29, 0.717) is 12.0 Å². The Morgan fingerprint density at radius 2 is 1.85 bits per heavy atom. The average Bonchev–Trinajstić information content (AvgIpc) is 2.13. The first-order valence-corrected chi connectivity index (χ1v) is 5.53. The van der Waals surface area contributed by atoms with E-state index >= 15 is 0 Å². The number of aliphatic hydroxyl groups excluding tert-OH is 1. The highest BCUT2D eigenvalue weighted by Gasteiger charge is 2.12. The zero-order valence-corrected chi connectivity index (χ0v) is 9.51. The molecule has 0 aromatic carbocycles. The van der Waals surface area contributed by atoms with E-state index < -0.39 is 0 Å². The Labute approximate surface area is 82.7 Å². The highest BCUT2D eigenvalue weighted by Crippen LogP contribution is 2.06. The Hall–Kier alpha value is -0.0800. The van der Waals surface area contributed by atoms with E-state index in [1.165, 1.54) is 12.8 Å². The van der Waals surface area contributed by atoms with E-state index in [-0.39, 0.29) is 6.10 Å². The minimum absolute atomic E-state index is 0.190. The van der Waals surface area contributed by atoms with Crippen LogP contribution in [0.3, 0.4) is 0 Å². The van der Waals surface area contributed by atoms with Crippen LogP contribution in [0.1, 0.15) is 47.0 Å². The summed E-state index contributed by atoms with van der Waals surface area (Å²) in [5.74, 6) is 0.404. The van der Waals surface area contributed by atoms with Crippen molar-refractivity contribution in [2.75, 3.05) is 6.54 Å². The summed E-state index contributed by atoms with van der Waals surface area (Å²) in [4.78, 5) is 0. The number of hydrogen-bond donors (Lipinski definition) is 2. The third kappa shape index (κ3) is 6.05. The first kappa shape index (κ1) is 12.9. The molecule has 0 aromatic heterocycles. The molecule has 0 fully saturated rings. The molecule has 3 atom stereocenters. The second-order valence-corrected chi connectivity index (χ2v) is 4.05. The number of aliphatic hydroxyl groups is 1. The van der Waals surface area contributed by atoms with Gasteiger partial charge >= 0.3 is 0 Å². The molecule has 0 rings (SSSR count). The van der Waals surface area contributed by atoms with Crippen molar-refractivity contribution in [2.45, 2.75) is 59.1 Å². The SMILES string of the molecule is CCCC(C)NCC(O)C(C)CC. The molecular weight excluding hydrogens is 162 g/mol. The molecule has 0 saturated carbocycles. The molecule has 0 heterocycles. The molecule has 0 saturated heterocycles. The molecule has 80 valence electrons. The van der Waals surface area contributed by atoms with Gasteiger partial charge in [0.15, 0.2) is 0 Å². The molecule has 0 aliphatic carbocycles. The van der Waals surface area contributed by atoms with Crippen LogP contribution in [0.15, 0.2) is 0 Å². The van der Waals surface area contributed by atoms with E-state index in [4.69, 9.17) is 0 Å². The molecule has 2 nitrogen and oxygen atoms in total. The number of nitrogens with one attached hydrogen (secondary N) is 1. The van der Waals surface area contributed by atoms with Crippen molar-refractivity contribution in [1.29, 1.82) is 0 Å². The lowest BCUT2D eigenvalue weighted by molar-refractivity contribution is 0.110. The third-order valence-electron chi connectivity index (χ3n) is 2.70. The topological polar surface area (TPSA) is 32.3 Å². The molecule has 2 heteroatoms. The van der Waals surface area contributed by atoms with E-state index in [1.807, 2.05) is 0 Å². The van der Waals surface area contributed by atoms with Crippen LogP contribution in [-0.2, 0) is 0 Å². The zero-order valence-electron chi connectivity index (χ0n) is 9.51. The predicted octanol–water partition coefficient (Wildman–Crippen LogP) is 2.17. The Morgan fingerprint density at radius 1 is 1.23 bits per heavy atom. The monoisotopic (exact) mass is 187 g/mol. The predicted molar refractivity (Wildman–Crippen MR) is 57.8 cm³/mol. The minimum atomic E-state index is -0.190. The molecule has 0 aromatic rings. The molecule has 13 heavy (non-hydrogen) atoms. The van der Waals surface area contributed by atoms with Crippen LogP contribution in [0.2, 0.25) is 0 Å². The Kier molecular flexibility index (Phi) is 7.29. The van der Waals surface area contributed by atoms with Crippen molar-refractivity contribution in [3.63, 3.8) is 0 Å². The van der Waals surface area contributed by atoms with Gasteiger partial charge in [0.2, 0.25) is 0 Å². The minimum Gasteiger partial charge on any atom is -0.392 e. The molecule has 0 radical (unpaired) electrons. The lowest BCUT2D eigenvalue weighted by atomic mass is 10.0. The summed E-state index contributed by atoms with van der Waals surface area (Å²) in [6.07, 6.45) is 3.25. The Bertz CT molecular complexity index is 117. The van der Waals surface area contributed by atoms with Gasteiger partial charge in [-0.05, 0) is 19.3 Å². The van der Waals surface area contributed by atoms with E-state index in [9.17, 15) is 5.11 Å². The van der Waals surface area contributed by atoms with Crippen LogP contribution < -0.4 is 5.32 Å². The summed E-state index contributed by atoms with van der Waals surface area (Å²) in [6.45, 7) is 9.30. The fourth-order valence-corrected chi connectivity index (χ4v) is 1.33. The average molecular weight is 187 g/mol. The summed E-state index contributed by atoms with van der Waals surface area (Å²) in [6, 6.07) is 0.531. The smallest absolute Gasteiger partial charge is 0.0690 e. The van der Waals surface area contributed by atoms with Crippen LogP contribution in [-0.4, -0.2) is 23.8 Å². The van der Waals surface area contributed by atoms with Crippen LogP contribution in [0, 0.1) is 5.92 Å². The van der Waals surface area contributed by atoms with Crippen molar-refractivity contribution in [3.8, 4) is 0 Å². The van der Waals surface area contributed by atoms with E-state index in [1.54, 1.807) is 0 Å². The van der Waals surface area contributed by atoms with E-state index in [2.05, 4.69) is 33.0 Å². The second-order valence-electron chi connectivity index (χ2n) is 4.05. The summed E-state index contributed by atoms with van der Waals surface area (Å²) < 4.78 is 0. The molecule has 0 amide bonds. The first-order chi connectivity index (χ1) is 6.11.